The van der Waals surface area contributed by atoms with Crippen LogP contribution in [-0.2, 0) is 26.2 Å². The van der Waals surface area contributed by atoms with Crippen LogP contribution < -0.4 is 4.72 Å². The van der Waals surface area contributed by atoms with Crippen LogP contribution in [0.2, 0.25) is 0 Å². The number of ether oxygens (including phenoxy) is 1. The molecule has 0 aliphatic heterocycles. The third-order valence-electron chi connectivity index (χ3n) is 2.71. The van der Waals surface area contributed by atoms with E-state index in [0.29, 0.717) is 11.5 Å². The third-order valence-corrected chi connectivity index (χ3v) is 3.76. The predicted molar refractivity (Wildman–Crippen MR) is 83.4 cm³/mol. The molecular formula is C15H16N2O5S. The Bertz CT molecular complexity index is 781. The lowest BCUT2D eigenvalue weighted by Crippen LogP contribution is -2.29. The van der Waals surface area contributed by atoms with E-state index in [2.05, 4.69) is 9.88 Å². The van der Waals surface area contributed by atoms with E-state index in [1.807, 2.05) is 6.07 Å². The van der Waals surface area contributed by atoms with Crippen LogP contribution in [0.3, 0.4) is 0 Å². The van der Waals surface area contributed by atoms with Crippen LogP contribution in [0.5, 0.6) is 0 Å². The fourth-order valence-electron chi connectivity index (χ4n) is 1.63. The molecule has 0 fully saturated rings. The second-order valence-electron chi connectivity index (χ2n) is 4.67. The molecule has 1 N–H and O–H groups in total. The van der Waals surface area contributed by atoms with Crippen molar-refractivity contribution in [3.05, 3.63) is 58.8 Å². The second kappa shape index (κ2) is 7.70. The molecule has 0 aliphatic carbocycles. The minimum absolute atomic E-state index is 0.0717. The summed E-state index contributed by atoms with van der Waals surface area (Å²) in [4.78, 5) is 11.5. The summed E-state index contributed by atoms with van der Waals surface area (Å²) in [6.07, 6.45) is 1.44. The van der Waals surface area contributed by atoms with Gasteiger partial charge in [-0.2, -0.15) is 0 Å². The quantitative estimate of drug-likeness (QED) is 0.771. The summed E-state index contributed by atoms with van der Waals surface area (Å²) in [5.41, 5.74) is 1.20. The molecule has 0 saturated carbocycles. The van der Waals surface area contributed by atoms with E-state index in [4.69, 9.17) is 9.26 Å². The van der Waals surface area contributed by atoms with Gasteiger partial charge < -0.3 is 9.26 Å². The normalized spacial score (nSPS) is 11.7. The number of sulfonamides is 1. The summed E-state index contributed by atoms with van der Waals surface area (Å²) in [5.74, 6) is -0.106. The molecule has 0 unspecified atom stereocenters. The Morgan fingerprint density at radius 2 is 2.09 bits per heavy atom. The SMILES string of the molecule is Cc1cc(COC(=O)CNS(=O)(=O)/C=C/c2ccccc2)no1. The lowest BCUT2D eigenvalue weighted by atomic mass is 10.2. The van der Waals surface area contributed by atoms with E-state index in [1.165, 1.54) is 6.08 Å². The lowest BCUT2D eigenvalue weighted by Gasteiger charge is -2.03. The molecule has 0 radical (unpaired) electrons. The zero-order valence-corrected chi connectivity index (χ0v) is 13.2. The molecular weight excluding hydrogens is 320 g/mol. The number of esters is 1. The van der Waals surface area contributed by atoms with Gasteiger partial charge in [-0.3, -0.25) is 4.79 Å². The first kappa shape index (κ1) is 16.9. The minimum Gasteiger partial charge on any atom is -0.458 e. The highest BCUT2D eigenvalue weighted by molar-refractivity contribution is 7.92. The highest BCUT2D eigenvalue weighted by atomic mass is 32.2. The molecule has 0 bridgehead atoms. The van der Waals surface area contributed by atoms with Gasteiger partial charge in [0.25, 0.3) is 0 Å². The maximum absolute atomic E-state index is 11.8. The monoisotopic (exact) mass is 336 g/mol. The minimum atomic E-state index is -3.72. The molecule has 23 heavy (non-hydrogen) atoms. The number of aromatic nitrogens is 1. The number of hydrogen-bond donors (Lipinski definition) is 1. The number of hydrogen-bond acceptors (Lipinski definition) is 6. The Kier molecular flexibility index (Phi) is 5.67. The summed E-state index contributed by atoms with van der Waals surface area (Å²) in [6, 6.07) is 10.6. The lowest BCUT2D eigenvalue weighted by molar-refractivity contribution is -0.143. The van der Waals surface area contributed by atoms with E-state index in [-0.39, 0.29) is 6.61 Å². The fourth-order valence-corrected chi connectivity index (χ4v) is 2.38. The molecule has 1 aromatic carbocycles. The van der Waals surface area contributed by atoms with Crippen molar-refractivity contribution in [2.24, 2.45) is 0 Å². The van der Waals surface area contributed by atoms with Gasteiger partial charge in [-0.15, -0.1) is 0 Å². The van der Waals surface area contributed by atoms with Crippen LogP contribution in [0.15, 0.2) is 46.3 Å². The van der Waals surface area contributed by atoms with Crippen LogP contribution >= 0.6 is 0 Å². The van der Waals surface area contributed by atoms with Gasteiger partial charge in [-0.05, 0) is 18.6 Å². The molecule has 8 heteroatoms. The number of rotatable bonds is 7. The highest BCUT2D eigenvalue weighted by Gasteiger charge is 2.11. The van der Waals surface area contributed by atoms with E-state index >= 15 is 0 Å². The molecule has 2 aromatic rings. The van der Waals surface area contributed by atoms with Crippen molar-refractivity contribution >= 4 is 22.1 Å². The van der Waals surface area contributed by atoms with Crippen molar-refractivity contribution in [1.82, 2.24) is 9.88 Å². The molecule has 122 valence electrons. The van der Waals surface area contributed by atoms with E-state index in [9.17, 15) is 13.2 Å². The molecule has 0 aliphatic rings. The van der Waals surface area contributed by atoms with Crippen molar-refractivity contribution in [1.29, 1.82) is 0 Å². The van der Waals surface area contributed by atoms with Gasteiger partial charge in [0.05, 0.1) is 0 Å². The number of nitrogens with one attached hydrogen (secondary N) is 1. The van der Waals surface area contributed by atoms with Crippen LogP contribution in [0.1, 0.15) is 17.0 Å². The van der Waals surface area contributed by atoms with Crippen LogP contribution in [0, 0.1) is 6.92 Å². The van der Waals surface area contributed by atoms with Crippen molar-refractivity contribution in [2.75, 3.05) is 6.54 Å². The number of carbonyl (C=O) groups is 1. The van der Waals surface area contributed by atoms with E-state index in [0.717, 1.165) is 11.0 Å². The molecule has 0 spiro atoms. The first-order valence-corrected chi connectivity index (χ1v) is 8.30. The first-order chi connectivity index (χ1) is 10.9. The van der Waals surface area contributed by atoms with Gasteiger partial charge in [0.15, 0.2) is 0 Å². The number of aryl methyl sites for hydroxylation is 1. The van der Waals surface area contributed by atoms with E-state index < -0.39 is 22.5 Å². The number of carbonyl (C=O) groups excluding carboxylic acids is 1. The number of benzene rings is 1. The van der Waals surface area contributed by atoms with Crippen molar-refractivity contribution in [2.45, 2.75) is 13.5 Å². The molecule has 7 nitrogen and oxygen atoms in total. The number of nitrogens with zero attached hydrogens (tertiary/aromatic N) is 1. The first-order valence-electron chi connectivity index (χ1n) is 6.75. The Labute approximate surface area is 134 Å². The van der Waals surface area contributed by atoms with Crippen molar-refractivity contribution < 1.29 is 22.5 Å². The van der Waals surface area contributed by atoms with Crippen molar-refractivity contribution in [3.63, 3.8) is 0 Å². The van der Waals surface area contributed by atoms with Gasteiger partial charge in [0, 0.05) is 11.5 Å². The highest BCUT2D eigenvalue weighted by Crippen LogP contribution is 2.04. The zero-order valence-electron chi connectivity index (χ0n) is 12.4. The molecule has 0 amide bonds. The van der Waals surface area contributed by atoms with Gasteiger partial charge in [-0.1, -0.05) is 35.5 Å². The summed E-state index contributed by atoms with van der Waals surface area (Å²) in [7, 11) is -3.72. The third kappa shape index (κ3) is 6.05. The summed E-state index contributed by atoms with van der Waals surface area (Å²) < 4.78 is 35.4. The smallest absolute Gasteiger partial charge is 0.321 e. The van der Waals surface area contributed by atoms with Gasteiger partial charge in [0.1, 0.15) is 24.6 Å². The van der Waals surface area contributed by atoms with Crippen molar-refractivity contribution in [3.8, 4) is 0 Å². The molecule has 0 atom stereocenters. The fraction of sp³-hybridized carbons (Fsp3) is 0.200. The Balaban J connectivity index is 1.79. The standard InChI is InChI=1S/C15H16N2O5S/c1-12-9-14(17-22-12)11-21-15(18)10-16-23(19,20)8-7-13-5-3-2-4-6-13/h2-9,16H,10-11H2,1H3/b8-7+. The maximum Gasteiger partial charge on any atom is 0.321 e. The molecule has 1 heterocycles. The largest absolute Gasteiger partial charge is 0.458 e. The van der Waals surface area contributed by atoms with Crippen LogP contribution in [-0.4, -0.2) is 26.1 Å². The topological polar surface area (TPSA) is 98.5 Å². The Morgan fingerprint density at radius 1 is 1.35 bits per heavy atom. The van der Waals surface area contributed by atoms with Crippen LogP contribution in [0.25, 0.3) is 6.08 Å². The second-order valence-corrected chi connectivity index (χ2v) is 6.32. The molecule has 1 aromatic heterocycles. The average molecular weight is 336 g/mol. The van der Waals surface area contributed by atoms with Gasteiger partial charge in [-0.25, -0.2) is 13.1 Å². The van der Waals surface area contributed by atoms with E-state index in [1.54, 1.807) is 37.3 Å². The summed E-state index contributed by atoms with van der Waals surface area (Å²) in [5, 5.41) is 4.65. The average Bonchev–Trinajstić information content (AvgIpc) is 2.96. The van der Waals surface area contributed by atoms with Gasteiger partial charge >= 0.3 is 5.97 Å². The Hall–Kier alpha value is -2.45. The molecule has 2 rings (SSSR count). The van der Waals surface area contributed by atoms with Crippen LogP contribution in [0.4, 0.5) is 0 Å². The zero-order chi connectivity index (χ0) is 16.7. The van der Waals surface area contributed by atoms with Gasteiger partial charge in [0.2, 0.25) is 10.0 Å². The maximum atomic E-state index is 11.8. The summed E-state index contributed by atoms with van der Waals surface area (Å²) in [6.45, 7) is 1.18. The molecule has 0 saturated heterocycles. The predicted octanol–water partition coefficient (Wildman–Crippen LogP) is 1.62. The Morgan fingerprint density at radius 3 is 2.74 bits per heavy atom. The summed E-state index contributed by atoms with van der Waals surface area (Å²) >= 11 is 0.